The van der Waals surface area contributed by atoms with E-state index in [2.05, 4.69) is 31.3 Å². The standard InChI is InChI=1S/C57H111NO5/c1-3-5-7-9-11-13-15-17-19-20-22-25-29-33-37-41-45-49-55(60)54(53-59)58-56(61)50-46-42-38-34-30-26-23-21-24-28-32-36-40-44-48-52-63-57(62)51-47-43-39-35-31-27-18-16-14-12-10-8-6-4-2/h16,18,54-55,59-60H,3-15,17,19-53H2,1-2H3,(H,58,61)/b18-16-. The van der Waals surface area contributed by atoms with Gasteiger partial charge in [-0.2, -0.15) is 0 Å². The molecule has 0 rings (SSSR count). The summed E-state index contributed by atoms with van der Waals surface area (Å²) in [6.07, 6.45) is 61.9. The highest BCUT2D eigenvalue weighted by Crippen LogP contribution is 2.17. The molecule has 6 heteroatoms. The molecule has 0 aromatic rings. The molecular formula is C57H111NO5. The van der Waals surface area contributed by atoms with Crippen LogP contribution in [0.2, 0.25) is 0 Å². The molecule has 0 heterocycles. The molecular weight excluding hydrogens is 779 g/mol. The van der Waals surface area contributed by atoms with E-state index >= 15 is 0 Å². The van der Waals surface area contributed by atoms with Crippen molar-refractivity contribution in [2.45, 2.75) is 328 Å². The molecule has 3 N–H and O–H groups in total. The summed E-state index contributed by atoms with van der Waals surface area (Å²) >= 11 is 0. The van der Waals surface area contributed by atoms with Crippen molar-refractivity contribution < 1.29 is 24.5 Å². The molecule has 1 amide bonds. The fourth-order valence-corrected chi connectivity index (χ4v) is 8.93. The zero-order chi connectivity index (χ0) is 45.8. The molecule has 0 bridgehead atoms. The van der Waals surface area contributed by atoms with Crippen LogP contribution in [-0.2, 0) is 14.3 Å². The minimum Gasteiger partial charge on any atom is -0.466 e. The number of allylic oxidation sites excluding steroid dienone is 2. The smallest absolute Gasteiger partial charge is 0.305 e. The summed E-state index contributed by atoms with van der Waals surface area (Å²) in [6, 6.07) is -0.547. The Hall–Kier alpha value is -1.40. The number of carbonyl (C=O) groups is 2. The Balaban J connectivity index is 3.43. The second kappa shape index (κ2) is 53.2. The lowest BCUT2D eigenvalue weighted by Gasteiger charge is -2.22. The number of nitrogens with one attached hydrogen (secondary N) is 1. The largest absolute Gasteiger partial charge is 0.466 e. The molecule has 0 saturated carbocycles. The first-order valence-electron chi connectivity index (χ1n) is 28.4. The van der Waals surface area contributed by atoms with Gasteiger partial charge in [-0.1, -0.05) is 264 Å². The van der Waals surface area contributed by atoms with Crippen molar-refractivity contribution in [1.82, 2.24) is 5.32 Å². The third-order valence-corrected chi connectivity index (χ3v) is 13.3. The van der Waals surface area contributed by atoms with Crippen LogP contribution in [0.3, 0.4) is 0 Å². The molecule has 0 aliphatic heterocycles. The van der Waals surface area contributed by atoms with Gasteiger partial charge in [0.1, 0.15) is 0 Å². The first-order valence-corrected chi connectivity index (χ1v) is 28.4. The molecule has 0 spiro atoms. The highest BCUT2D eigenvalue weighted by molar-refractivity contribution is 5.76. The van der Waals surface area contributed by atoms with Crippen LogP contribution in [0, 0.1) is 0 Å². The Morgan fingerprint density at radius 1 is 0.429 bits per heavy atom. The number of rotatable bonds is 53. The molecule has 0 aliphatic carbocycles. The van der Waals surface area contributed by atoms with Crippen molar-refractivity contribution in [3.05, 3.63) is 12.2 Å². The van der Waals surface area contributed by atoms with Gasteiger partial charge in [0.05, 0.1) is 25.4 Å². The number of hydrogen-bond acceptors (Lipinski definition) is 5. The van der Waals surface area contributed by atoms with Crippen LogP contribution in [-0.4, -0.2) is 47.4 Å². The average molecular weight is 891 g/mol. The molecule has 6 nitrogen and oxygen atoms in total. The van der Waals surface area contributed by atoms with Crippen LogP contribution in [0.25, 0.3) is 0 Å². The Labute approximate surface area is 393 Å². The van der Waals surface area contributed by atoms with Gasteiger partial charge in [-0.3, -0.25) is 9.59 Å². The normalized spacial score (nSPS) is 12.6. The van der Waals surface area contributed by atoms with Crippen molar-refractivity contribution in [1.29, 1.82) is 0 Å². The first-order chi connectivity index (χ1) is 31.0. The van der Waals surface area contributed by atoms with Gasteiger partial charge in [0.2, 0.25) is 5.91 Å². The maximum absolute atomic E-state index is 12.5. The summed E-state index contributed by atoms with van der Waals surface area (Å²) in [6.45, 7) is 4.94. The van der Waals surface area contributed by atoms with Crippen molar-refractivity contribution in [3.8, 4) is 0 Å². The van der Waals surface area contributed by atoms with Crippen LogP contribution in [0.1, 0.15) is 316 Å². The number of hydrogen-bond donors (Lipinski definition) is 3. The van der Waals surface area contributed by atoms with Gasteiger partial charge < -0.3 is 20.3 Å². The molecule has 0 fully saturated rings. The number of amides is 1. The predicted molar refractivity (Wildman–Crippen MR) is 273 cm³/mol. The summed E-state index contributed by atoms with van der Waals surface area (Å²) < 4.78 is 5.47. The Morgan fingerprint density at radius 3 is 1.13 bits per heavy atom. The second-order valence-electron chi connectivity index (χ2n) is 19.6. The van der Waals surface area contributed by atoms with E-state index in [0.29, 0.717) is 25.9 Å². The van der Waals surface area contributed by atoms with Crippen LogP contribution < -0.4 is 5.32 Å². The lowest BCUT2D eigenvalue weighted by atomic mass is 10.0. The zero-order valence-corrected chi connectivity index (χ0v) is 42.6. The van der Waals surface area contributed by atoms with Crippen LogP contribution >= 0.6 is 0 Å². The maximum Gasteiger partial charge on any atom is 0.305 e. The van der Waals surface area contributed by atoms with Gasteiger partial charge in [-0.25, -0.2) is 0 Å². The average Bonchev–Trinajstić information content (AvgIpc) is 3.28. The van der Waals surface area contributed by atoms with E-state index in [9.17, 15) is 19.8 Å². The predicted octanol–water partition coefficient (Wildman–Crippen LogP) is 17.3. The summed E-state index contributed by atoms with van der Waals surface area (Å²) in [7, 11) is 0. The summed E-state index contributed by atoms with van der Waals surface area (Å²) in [5.74, 6) is -0.0484. The third kappa shape index (κ3) is 49.9. The number of carbonyl (C=O) groups excluding carboxylic acids is 2. The molecule has 0 aliphatic rings. The molecule has 2 atom stereocenters. The molecule has 0 radical (unpaired) electrons. The molecule has 0 aromatic carbocycles. The Kier molecular flexibility index (Phi) is 52.0. The monoisotopic (exact) mass is 890 g/mol. The van der Waals surface area contributed by atoms with E-state index < -0.39 is 12.1 Å². The van der Waals surface area contributed by atoms with E-state index in [0.717, 1.165) is 51.4 Å². The van der Waals surface area contributed by atoms with E-state index in [1.54, 1.807) is 0 Å². The number of aliphatic hydroxyl groups excluding tert-OH is 2. The zero-order valence-electron chi connectivity index (χ0n) is 42.6. The van der Waals surface area contributed by atoms with E-state index in [1.165, 1.54) is 231 Å². The molecule has 374 valence electrons. The van der Waals surface area contributed by atoms with Gasteiger partial charge in [-0.15, -0.1) is 0 Å². The quantitative estimate of drug-likeness (QED) is 0.0321. The summed E-state index contributed by atoms with van der Waals surface area (Å²) in [5, 5.41) is 23.3. The second-order valence-corrected chi connectivity index (χ2v) is 19.6. The Bertz CT molecular complexity index is 939. The van der Waals surface area contributed by atoms with Crippen molar-refractivity contribution in [2.75, 3.05) is 13.2 Å². The van der Waals surface area contributed by atoms with E-state index in [4.69, 9.17) is 4.74 Å². The number of aliphatic hydroxyl groups is 2. The maximum atomic E-state index is 12.5. The van der Waals surface area contributed by atoms with Gasteiger partial charge >= 0.3 is 5.97 Å². The SMILES string of the molecule is CCCCCCC/C=C\CCCCCCCC(=O)OCCCCCCCCCCCCCCCCCC(=O)NC(CO)C(O)CCCCCCCCCCCCCCCCCCC. The van der Waals surface area contributed by atoms with Gasteiger partial charge in [0.25, 0.3) is 0 Å². The van der Waals surface area contributed by atoms with Gasteiger partial charge in [0.15, 0.2) is 0 Å². The number of unbranched alkanes of at least 4 members (excludes halogenated alkanes) is 40. The number of ether oxygens (including phenoxy) is 1. The number of esters is 1. The highest BCUT2D eigenvalue weighted by Gasteiger charge is 2.20. The van der Waals surface area contributed by atoms with Crippen LogP contribution in [0.15, 0.2) is 12.2 Å². The van der Waals surface area contributed by atoms with Crippen molar-refractivity contribution >= 4 is 11.9 Å². The minimum absolute atomic E-state index is 0.00717. The topological polar surface area (TPSA) is 95.9 Å². The highest BCUT2D eigenvalue weighted by atomic mass is 16.5. The summed E-state index contributed by atoms with van der Waals surface area (Å²) in [4.78, 5) is 24.5. The first kappa shape index (κ1) is 61.6. The molecule has 2 unspecified atom stereocenters. The minimum atomic E-state index is -0.670. The lowest BCUT2D eigenvalue weighted by Crippen LogP contribution is -2.45. The fraction of sp³-hybridized carbons (Fsp3) is 0.930. The summed E-state index contributed by atoms with van der Waals surface area (Å²) in [5.41, 5.74) is 0. The fourth-order valence-electron chi connectivity index (χ4n) is 8.93. The van der Waals surface area contributed by atoms with E-state index in [-0.39, 0.29) is 18.5 Å². The third-order valence-electron chi connectivity index (χ3n) is 13.3. The van der Waals surface area contributed by atoms with Crippen molar-refractivity contribution in [2.24, 2.45) is 0 Å². The lowest BCUT2D eigenvalue weighted by molar-refractivity contribution is -0.143. The molecule has 0 saturated heterocycles. The van der Waals surface area contributed by atoms with Crippen molar-refractivity contribution in [3.63, 3.8) is 0 Å². The van der Waals surface area contributed by atoms with Crippen LogP contribution in [0.5, 0.6) is 0 Å². The van der Waals surface area contributed by atoms with E-state index in [1.807, 2.05) is 0 Å². The molecule has 63 heavy (non-hydrogen) atoms. The van der Waals surface area contributed by atoms with Gasteiger partial charge in [-0.05, 0) is 51.4 Å². The van der Waals surface area contributed by atoms with Gasteiger partial charge in [0, 0.05) is 12.8 Å². The van der Waals surface area contributed by atoms with Crippen LogP contribution in [0.4, 0.5) is 0 Å². The Morgan fingerprint density at radius 2 is 0.746 bits per heavy atom. The molecule has 0 aromatic heterocycles.